The Labute approximate surface area is 56.2 Å². The smallest absolute Gasteiger partial charge is 0.153 e. The first-order valence-electron chi connectivity index (χ1n) is 3.24. The Bertz CT molecular complexity index is 193. The van der Waals surface area contributed by atoms with Crippen LogP contribution in [0.25, 0.3) is 0 Å². The van der Waals surface area contributed by atoms with Crippen molar-refractivity contribution in [3.63, 3.8) is 0 Å². The summed E-state index contributed by atoms with van der Waals surface area (Å²) < 4.78 is 21.9. The van der Waals surface area contributed by atoms with E-state index in [0.29, 0.717) is 11.7 Å². The van der Waals surface area contributed by atoms with Crippen molar-refractivity contribution >= 4 is 9.84 Å². The van der Waals surface area contributed by atoms with Crippen molar-refractivity contribution in [1.82, 2.24) is 0 Å². The minimum Gasteiger partial charge on any atom is -0.229 e. The van der Waals surface area contributed by atoms with Gasteiger partial charge in [-0.3, -0.25) is 0 Å². The van der Waals surface area contributed by atoms with Crippen molar-refractivity contribution in [1.29, 1.82) is 0 Å². The first-order valence-corrected chi connectivity index (χ1v) is 4.95. The molecule has 0 aliphatic carbocycles. The molecule has 1 saturated heterocycles. The molecule has 0 aromatic carbocycles. The third kappa shape index (κ3) is 1.26. The molecule has 9 heavy (non-hydrogen) atoms. The summed E-state index contributed by atoms with van der Waals surface area (Å²) in [7, 11) is -2.67. The number of rotatable bonds is 0. The lowest BCUT2D eigenvalue weighted by atomic mass is 10.1. The Kier molecular flexibility index (Phi) is 1.55. The summed E-state index contributed by atoms with van der Waals surface area (Å²) in [5.41, 5.74) is 0. The fourth-order valence-corrected chi connectivity index (χ4v) is 3.22. The zero-order chi connectivity index (χ0) is 7.07. The number of hydrogen-bond donors (Lipinski definition) is 0. The third-order valence-electron chi connectivity index (χ3n) is 1.86. The van der Waals surface area contributed by atoms with Crippen LogP contribution >= 0.6 is 0 Å². The Morgan fingerprint density at radius 2 is 1.89 bits per heavy atom. The van der Waals surface area contributed by atoms with E-state index in [9.17, 15) is 8.42 Å². The van der Waals surface area contributed by atoms with Crippen LogP contribution in [0.2, 0.25) is 0 Å². The highest BCUT2D eigenvalue weighted by Crippen LogP contribution is 2.24. The van der Waals surface area contributed by atoms with Crippen LogP contribution < -0.4 is 0 Å². The van der Waals surface area contributed by atoms with Gasteiger partial charge in [0, 0.05) is 0 Å². The van der Waals surface area contributed by atoms with Crippen molar-refractivity contribution in [3.05, 3.63) is 0 Å². The lowest BCUT2D eigenvalue weighted by molar-refractivity contribution is 0.593. The van der Waals surface area contributed by atoms with Crippen LogP contribution in [0.1, 0.15) is 20.3 Å². The normalized spacial score (nSPS) is 41.1. The second-order valence-corrected chi connectivity index (χ2v) is 5.44. The topological polar surface area (TPSA) is 34.1 Å². The molecule has 1 aliphatic rings. The van der Waals surface area contributed by atoms with Crippen molar-refractivity contribution < 1.29 is 8.42 Å². The van der Waals surface area contributed by atoms with Gasteiger partial charge >= 0.3 is 0 Å². The van der Waals surface area contributed by atoms with Gasteiger partial charge in [0.05, 0.1) is 11.0 Å². The molecule has 1 fully saturated rings. The van der Waals surface area contributed by atoms with Crippen LogP contribution in [-0.4, -0.2) is 19.4 Å². The van der Waals surface area contributed by atoms with Crippen LogP contribution in [0.15, 0.2) is 0 Å². The van der Waals surface area contributed by atoms with Gasteiger partial charge in [0.15, 0.2) is 9.84 Å². The van der Waals surface area contributed by atoms with E-state index >= 15 is 0 Å². The molecule has 0 amide bonds. The average Bonchev–Trinajstić information content (AvgIpc) is 1.79. The lowest BCUT2D eigenvalue weighted by Crippen LogP contribution is -2.10. The van der Waals surface area contributed by atoms with Gasteiger partial charge in [-0.25, -0.2) is 8.42 Å². The minimum absolute atomic E-state index is 0.0903. The van der Waals surface area contributed by atoms with Gasteiger partial charge in [0.2, 0.25) is 0 Å². The van der Waals surface area contributed by atoms with E-state index in [1.54, 1.807) is 6.92 Å². The van der Waals surface area contributed by atoms with Gasteiger partial charge in [-0.2, -0.15) is 0 Å². The number of hydrogen-bond acceptors (Lipinski definition) is 2. The molecule has 1 aliphatic heterocycles. The maximum atomic E-state index is 11.0. The van der Waals surface area contributed by atoms with Crippen molar-refractivity contribution in [3.8, 4) is 0 Å². The van der Waals surface area contributed by atoms with Crippen LogP contribution in [0.5, 0.6) is 0 Å². The van der Waals surface area contributed by atoms with Gasteiger partial charge in [-0.15, -0.1) is 0 Å². The Morgan fingerprint density at radius 1 is 1.33 bits per heavy atom. The standard InChI is InChI=1S/C6H12O2S/c1-5-3-6(2)9(7,8)4-5/h5-6H,3-4H2,1-2H3/t5-,6+/m1/s1. The second-order valence-electron chi connectivity index (χ2n) is 2.98. The molecule has 0 aromatic rings. The molecule has 0 unspecified atom stereocenters. The molecule has 0 spiro atoms. The molecule has 0 bridgehead atoms. The quantitative estimate of drug-likeness (QED) is 0.510. The van der Waals surface area contributed by atoms with Gasteiger partial charge < -0.3 is 0 Å². The largest absolute Gasteiger partial charge is 0.229 e. The minimum atomic E-state index is -2.67. The average molecular weight is 148 g/mol. The Hall–Kier alpha value is -0.0500. The maximum Gasteiger partial charge on any atom is 0.153 e. The zero-order valence-corrected chi connectivity index (χ0v) is 6.61. The van der Waals surface area contributed by atoms with E-state index < -0.39 is 9.84 Å². The molecule has 0 saturated carbocycles. The molecule has 54 valence electrons. The van der Waals surface area contributed by atoms with Crippen molar-refractivity contribution in [2.75, 3.05) is 5.75 Å². The SMILES string of the molecule is C[C@@H]1C[C@H](C)S(=O)(=O)C1. The zero-order valence-electron chi connectivity index (χ0n) is 5.79. The van der Waals surface area contributed by atoms with E-state index in [4.69, 9.17) is 0 Å². The van der Waals surface area contributed by atoms with E-state index in [1.807, 2.05) is 6.92 Å². The fraction of sp³-hybridized carbons (Fsp3) is 1.00. The van der Waals surface area contributed by atoms with Gasteiger partial charge in [0.1, 0.15) is 0 Å². The van der Waals surface area contributed by atoms with Crippen molar-refractivity contribution in [2.24, 2.45) is 5.92 Å². The molecular weight excluding hydrogens is 136 g/mol. The summed E-state index contributed by atoms with van der Waals surface area (Å²) in [5, 5.41) is -0.0903. The maximum absolute atomic E-state index is 11.0. The van der Waals surface area contributed by atoms with Gasteiger partial charge in [-0.05, 0) is 19.3 Å². The van der Waals surface area contributed by atoms with E-state index in [2.05, 4.69) is 0 Å². The number of sulfone groups is 1. The fourth-order valence-electron chi connectivity index (χ4n) is 1.34. The molecule has 0 N–H and O–H groups in total. The summed E-state index contributed by atoms with van der Waals surface area (Å²) in [6, 6.07) is 0. The predicted octanol–water partition coefficient (Wildman–Crippen LogP) is 0.830. The van der Waals surface area contributed by atoms with Crippen molar-refractivity contribution in [2.45, 2.75) is 25.5 Å². The highest BCUT2D eigenvalue weighted by atomic mass is 32.2. The lowest BCUT2D eigenvalue weighted by Gasteiger charge is -1.96. The highest BCUT2D eigenvalue weighted by Gasteiger charge is 2.31. The summed E-state index contributed by atoms with van der Waals surface area (Å²) in [6.45, 7) is 3.78. The highest BCUT2D eigenvalue weighted by molar-refractivity contribution is 7.92. The summed E-state index contributed by atoms with van der Waals surface area (Å²) in [4.78, 5) is 0. The molecule has 0 aromatic heterocycles. The first-order chi connectivity index (χ1) is 4.02. The predicted molar refractivity (Wildman–Crippen MR) is 37.0 cm³/mol. The van der Waals surface area contributed by atoms with E-state index in [-0.39, 0.29) is 5.25 Å². The molecule has 0 radical (unpaired) electrons. The van der Waals surface area contributed by atoms with Gasteiger partial charge in [0.25, 0.3) is 0 Å². The summed E-state index contributed by atoms with van der Waals surface area (Å²) >= 11 is 0. The third-order valence-corrected chi connectivity index (χ3v) is 4.32. The van der Waals surface area contributed by atoms with E-state index in [0.717, 1.165) is 6.42 Å². The van der Waals surface area contributed by atoms with Crippen LogP contribution in [0, 0.1) is 5.92 Å². The summed E-state index contributed by atoms with van der Waals surface area (Å²) in [6.07, 6.45) is 0.850. The Morgan fingerprint density at radius 3 is 2.00 bits per heavy atom. The monoisotopic (exact) mass is 148 g/mol. The molecule has 1 rings (SSSR count). The summed E-state index contributed by atoms with van der Waals surface area (Å²) in [5.74, 6) is 0.777. The molecule has 3 heteroatoms. The van der Waals surface area contributed by atoms with Gasteiger partial charge in [-0.1, -0.05) is 6.92 Å². The van der Waals surface area contributed by atoms with Crippen LogP contribution in [0.3, 0.4) is 0 Å². The van der Waals surface area contributed by atoms with Crippen LogP contribution in [-0.2, 0) is 9.84 Å². The second kappa shape index (κ2) is 1.97. The van der Waals surface area contributed by atoms with E-state index in [1.165, 1.54) is 0 Å². The van der Waals surface area contributed by atoms with Crippen LogP contribution in [0.4, 0.5) is 0 Å². The Balaban J connectivity index is 2.83. The molecular formula is C6H12O2S. The molecule has 2 nitrogen and oxygen atoms in total. The molecule has 2 atom stereocenters. The molecule has 1 heterocycles. The first kappa shape index (κ1) is 7.06.